The summed E-state index contributed by atoms with van der Waals surface area (Å²) in [6, 6.07) is 0. The Morgan fingerprint density at radius 2 is 2.58 bits per heavy atom. The first-order valence-electron chi connectivity index (χ1n) is 3.84. The molecule has 0 N–H and O–H groups in total. The van der Waals surface area contributed by atoms with Crippen LogP contribution in [0.5, 0.6) is 0 Å². The van der Waals surface area contributed by atoms with E-state index in [4.69, 9.17) is 9.47 Å². The van der Waals surface area contributed by atoms with Gasteiger partial charge in [-0.25, -0.2) is 0 Å². The van der Waals surface area contributed by atoms with Gasteiger partial charge in [0.15, 0.2) is 5.78 Å². The molecule has 0 aliphatic heterocycles. The maximum absolute atomic E-state index is 10.7. The summed E-state index contributed by atoms with van der Waals surface area (Å²) in [7, 11) is 0. The van der Waals surface area contributed by atoms with Crippen molar-refractivity contribution in [2.45, 2.75) is 12.5 Å². The van der Waals surface area contributed by atoms with Crippen molar-refractivity contribution in [3.05, 3.63) is 24.8 Å². The summed E-state index contributed by atoms with van der Waals surface area (Å²) in [6.45, 7) is 4.19. The van der Waals surface area contributed by atoms with Gasteiger partial charge in [0, 0.05) is 6.42 Å². The number of hydrogen-bond acceptors (Lipinski definition) is 3. The monoisotopic (exact) mass is 168 g/mol. The van der Waals surface area contributed by atoms with Crippen LogP contribution in [0.1, 0.15) is 6.42 Å². The standard InChI is InChI=1S/C9H12O3/c1-2-5-11-7-12-9-4-3-8(10)6-9/h2-4,9H,1,5-7H2/t9-/m1/s1. The first-order valence-corrected chi connectivity index (χ1v) is 3.84. The summed E-state index contributed by atoms with van der Waals surface area (Å²) >= 11 is 0. The lowest BCUT2D eigenvalue weighted by Gasteiger charge is -2.07. The average molecular weight is 168 g/mol. The fraction of sp³-hybridized carbons (Fsp3) is 0.444. The van der Waals surface area contributed by atoms with Crippen molar-refractivity contribution in [3.8, 4) is 0 Å². The van der Waals surface area contributed by atoms with Crippen LogP contribution in [0.15, 0.2) is 24.8 Å². The molecule has 0 spiro atoms. The van der Waals surface area contributed by atoms with Gasteiger partial charge in [0.25, 0.3) is 0 Å². The fourth-order valence-corrected chi connectivity index (χ4v) is 0.930. The van der Waals surface area contributed by atoms with Crippen molar-refractivity contribution in [3.63, 3.8) is 0 Å². The van der Waals surface area contributed by atoms with Gasteiger partial charge in [0.1, 0.15) is 6.79 Å². The zero-order valence-electron chi connectivity index (χ0n) is 6.86. The minimum atomic E-state index is -0.0951. The fourth-order valence-electron chi connectivity index (χ4n) is 0.930. The second-order valence-corrected chi connectivity index (χ2v) is 2.51. The zero-order valence-corrected chi connectivity index (χ0v) is 6.86. The smallest absolute Gasteiger partial charge is 0.158 e. The molecule has 0 bridgehead atoms. The minimum Gasteiger partial charge on any atom is -0.351 e. The SMILES string of the molecule is C=CCOCO[C@@H]1C=CC(=O)C1. The summed E-state index contributed by atoms with van der Waals surface area (Å²) in [5.74, 6) is 0.115. The summed E-state index contributed by atoms with van der Waals surface area (Å²) < 4.78 is 10.2. The van der Waals surface area contributed by atoms with Crippen molar-refractivity contribution < 1.29 is 14.3 Å². The van der Waals surface area contributed by atoms with Crippen LogP contribution in [-0.2, 0) is 14.3 Å². The third-order valence-electron chi connectivity index (χ3n) is 1.50. The molecule has 0 fully saturated rings. The number of hydrogen-bond donors (Lipinski definition) is 0. The van der Waals surface area contributed by atoms with Crippen molar-refractivity contribution in [1.82, 2.24) is 0 Å². The van der Waals surface area contributed by atoms with Crippen LogP contribution in [0.2, 0.25) is 0 Å². The molecule has 1 aliphatic rings. The zero-order chi connectivity index (χ0) is 8.81. The van der Waals surface area contributed by atoms with Crippen LogP contribution in [-0.4, -0.2) is 25.3 Å². The molecule has 0 saturated carbocycles. The second kappa shape index (κ2) is 4.85. The number of carbonyl (C=O) groups excluding carboxylic acids is 1. The summed E-state index contributed by atoms with van der Waals surface area (Å²) in [6.07, 6.45) is 5.29. The van der Waals surface area contributed by atoms with E-state index < -0.39 is 0 Å². The van der Waals surface area contributed by atoms with E-state index in [0.717, 1.165) is 0 Å². The average Bonchev–Trinajstić information content (AvgIpc) is 2.45. The maximum atomic E-state index is 10.7. The summed E-state index contributed by atoms with van der Waals surface area (Å²) in [5.41, 5.74) is 0. The van der Waals surface area contributed by atoms with Gasteiger partial charge in [0.05, 0.1) is 12.7 Å². The lowest BCUT2D eigenvalue weighted by molar-refractivity contribution is -0.117. The van der Waals surface area contributed by atoms with Crippen LogP contribution < -0.4 is 0 Å². The van der Waals surface area contributed by atoms with E-state index in [2.05, 4.69) is 6.58 Å². The predicted molar refractivity (Wildman–Crippen MR) is 44.7 cm³/mol. The highest BCUT2D eigenvalue weighted by molar-refractivity contribution is 5.92. The van der Waals surface area contributed by atoms with Crippen LogP contribution >= 0.6 is 0 Å². The molecular weight excluding hydrogens is 156 g/mol. The van der Waals surface area contributed by atoms with Gasteiger partial charge in [0.2, 0.25) is 0 Å². The molecule has 1 rings (SSSR count). The second-order valence-electron chi connectivity index (χ2n) is 2.51. The highest BCUT2D eigenvalue weighted by Crippen LogP contribution is 2.09. The highest BCUT2D eigenvalue weighted by Gasteiger charge is 2.15. The molecule has 12 heavy (non-hydrogen) atoms. The highest BCUT2D eigenvalue weighted by atomic mass is 16.7. The van der Waals surface area contributed by atoms with Crippen molar-refractivity contribution >= 4 is 5.78 Å². The topological polar surface area (TPSA) is 35.5 Å². The van der Waals surface area contributed by atoms with Gasteiger partial charge < -0.3 is 9.47 Å². The van der Waals surface area contributed by atoms with E-state index in [9.17, 15) is 4.79 Å². The Labute approximate surface area is 71.7 Å². The number of allylic oxidation sites excluding steroid dienone is 1. The van der Waals surface area contributed by atoms with Crippen molar-refractivity contribution in [2.24, 2.45) is 0 Å². The van der Waals surface area contributed by atoms with Gasteiger partial charge in [-0.1, -0.05) is 12.2 Å². The molecule has 1 aliphatic carbocycles. The first kappa shape index (κ1) is 9.16. The number of rotatable bonds is 5. The Morgan fingerprint density at radius 1 is 1.75 bits per heavy atom. The van der Waals surface area contributed by atoms with Gasteiger partial charge >= 0.3 is 0 Å². The van der Waals surface area contributed by atoms with E-state index in [1.807, 2.05) is 0 Å². The molecule has 66 valence electrons. The summed E-state index contributed by atoms with van der Waals surface area (Å²) in [5, 5.41) is 0. The van der Waals surface area contributed by atoms with Crippen molar-refractivity contribution in [2.75, 3.05) is 13.4 Å². The van der Waals surface area contributed by atoms with Gasteiger partial charge in [-0.3, -0.25) is 4.79 Å². The van der Waals surface area contributed by atoms with Gasteiger partial charge in [-0.2, -0.15) is 0 Å². The molecule has 0 amide bonds. The van der Waals surface area contributed by atoms with Crippen LogP contribution in [0, 0.1) is 0 Å². The molecule has 3 nitrogen and oxygen atoms in total. The minimum absolute atomic E-state index is 0.0951. The largest absolute Gasteiger partial charge is 0.351 e. The van der Waals surface area contributed by atoms with E-state index in [0.29, 0.717) is 13.0 Å². The third-order valence-corrected chi connectivity index (χ3v) is 1.50. The third kappa shape index (κ3) is 2.98. The van der Waals surface area contributed by atoms with Crippen molar-refractivity contribution in [1.29, 1.82) is 0 Å². The molecular formula is C9H12O3. The Balaban J connectivity index is 2.05. The first-order chi connectivity index (χ1) is 5.83. The molecule has 0 aromatic rings. The van der Waals surface area contributed by atoms with Crippen LogP contribution in [0.25, 0.3) is 0 Å². The molecule has 0 saturated heterocycles. The van der Waals surface area contributed by atoms with E-state index >= 15 is 0 Å². The van der Waals surface area contributed by atoms with E-state index in [-0.39, 0.29) is 18.7 Å². The molecule has 0 unspecified atom stereocenters. The molecule has 0 aromatic heterocycles. The Bertz CT molecular complexity index is 196. The number of ketones is 1. The molecule has 1 atom stereocenters. The van der Waals surface area contributed by atoms with Gasteiger partial charge in [-0.05, 0) is 6.08 Å². The van der Waals surface area contributed by atoms with Gasteiger partial charge in [-0.15, -0.1) is 6.58 Å². The number of carbonyl (C=O) groups is 1. The number of ether oxygens (including phenoxy) is 2. The van der Waals surface area contributed by atoms with E-state index in [1.54, 1.807) is 12.2 Å². The van der Waals surface area contributed by atoms with E-state index in [1.165, 1.54) is 6.08 Å². The van der Waals surface area contributed by atoms with Crippen LogP contribution in [0.4, 0.5) is 0 Å². The molecule has 3 heteroatoms. The molecule has 0 heterocycles. The maximum Gasteiger partial charge on any atom is 0.158 e. The quantitative estimate of drug-likeness (QED) is 0.350. The Morgan fingerprint density at radius 3 is 3.17 bits per heavy atom. The Kier molecular flexibility index (Phi) is 3.70. The molecule has 0 aromatic carbocycles. The molecule has 0 radical (unpaired) electrons. The Hall–Kier alpha value is -0.930. The predicted octanol–water partition coefficient (Wildman–Crippen LogP) is 1.06. The van der Waals surface area contributed by atoms with Crippen LogP contribution in [0.3, 0.4) is 0 Å². The lowest BCUT2D eigenvalue weighted by Crippen LogP contribution is -2.11. The lowest BCUT2D eigenvalue weighted by atomic mass is 10.3. The normalized spacial score (nSPS) is 21.7. The summed E-state index contributed by atoms with van der Waals surface area (Å²) in [4.78, 5) is 10.7.